The molecule has 1 fully saturated rings. The van der Waals surface area contributed by atoms with Gasteiger partial charge in [0.2, 0.25) is 0 Å². The van der Waals surface area contributed by atoms with Crippen LogP contribution in [0.3, 0.4) is 0 Å². The molecule has 2 N–H and O–H groups in total. The number of ether oxygens (including phenoxy) is 1. The Hall–Kier alpha value is 0.0600. The van der Waals surface area contributed by atoms with Crippen molar-refractivity contribution in [2.24, 2.45) is 5.73 Å². The van der Waals surface area contributed by atoms with Crippen molar-refractivity contribution < 1.29 is 4.74 Å². The van der Waals surface area contributed by atoms with Gasteiger partial charge in [0.25, 0.3) is 0 Å². The topological polar surface area (TPSA) is 38.5 Å². The maximum atomic E-state index is 5.95. The third-order valence-corrected chi connectivity index (χ3v) is 5.40. The molecule has 0 spiro atoms. The van der Waals surface area contributed by atoms with Crippen molar-refractivity contribution in [3.63, 3.8) is 0 Å². The van der Waals surface area contributed by atoms with Gasteiger partial charge in [-0.05, 0) is 63.0 Å². The van der Waals surface area contributed by atoms with Crippen LogP contribution in [-0.4, -0.2) is 37.7 Å². The fourth-order valence-corrected chi connectivity index (χ4v) is 3.00. The minimum atomic E-state index is 0.237. The molecular weight excluding hydrogens is 360 g/mol. The lowest BCUT2D eigenvalue weighted by molar-refractivity contribution is 0.134. The molecule has 1 heterocycles. The fraction of sp³-hybridized carbons (Fsp3) is 0.538. The van der Waals surface area contributed by atoms with Gasteiger partial charge in [-0.2, -0.15) is 0 Å². The van der Waals surface area contributed by atoms with E-state index in [-0.39, 0.29) is 6.04 Å². The molecule has 100 valence electrons. The highest BCUT2D eigenvalue weighted by atomic mass is 79.9. The summed E-state index contributed by atoms with van der Waals surface area (Å²) < 4.78 is 7.58. The first-order valence-corrected chi connectivity index (χ1v) is 7.66. The Labute approximate surface area is 125 Å². The summed E-state index contributed by atoms with van der Waals surface area (Å²) in [5.74, 6) is 0. The van der Waals surface area contributed by atoms with E-state index in [1.165, 1.54) is 5.56 Å². The van der Waals surface area contributed by atoms with Crippen molar-refractivity contribution in [3.05, 3.63) is 32.7 Å². The van der Waals surface area contributed by atoms with Gasteiger partial charge < -0.3 is 10.5 Å². The van der Waals surface area contributed by atoms with Crippen LogP contribution in [0.1, 0.15) is 18.0 Å². The van der Waals surface area contributed by atoms with Crippen LogP contribution >= 0.6 is 31.9 Å². The highest BCUT2D eigenvalue weighted by Crippen LogP contribution is 2.29. The summed E-state index contributed by atoms with van der Waals surface area (Å²) in [6, 6.07) is 7.02. The maximum absolute atomic E-state index is 5.95. The van der Waals surface area contributed by atoms with E-state index in [4.69, 9.17) is 10.5 Å². The van der Waals surface area contributed by atoms with Crippen molar-refractivity contribution in [2.45, 2.75) is 18.5 Å². The first-order chi connectivity index (χ1) is 8.63. The van der Waals surface area contributed by atoms with E-state index in [0.717, 1.165) is 28.6 Å². The summed E-state index contributed by atoms with van der Waals surface area (Å²) in [5, 5.41) is 0. The van der Waals surface area contributed by atoms with Gasteiger partial charge in [0.1, 0.15) is 0 Å². The summed E-state index contributed by atoms with van der Waals surface area (Å²) in [6.07, 6.45) is 1.09. The summed E-state index contributed by atoms with van der Waals surface area (Å²) in [4.78, 5) is 2.34. The van der Waals surface area contributed by atoms with E-state index in [9.17, 15) is 0 Å². The van der Waals surface area contributed by atoms with Gasteiger partial charge in [0.05, 0.1) is 6.61 Å². The normalized spacial score (nSPS) is 21.5. The lowest BCUT2D eigenvalue weighted by Gasteiger charge is -2.32. The molecule has 2 rings (SSSR count). The van der Waals surface area contributed by atoms with Crippen LogP contribution < -0.4 is 5.73 Å². The molecule has 1 aliphatic heterocycles. The third kappa shape index (κ3) is 3.14. The molecule has 1 aromatic carbocycles. The Morgan fingerprint density at radius 3 is 2.78 bits per heavy atom. The number of hydrogen-bond donors (Lipinski definition) is 1. The molecule has 0 bridgehead atoms. The maximum Gasteiger partial charge on any atom is 0.0622 e. The van der Waals surface area contributed by atoms with E-state index in [2.05, 4.69) is 62.0 Å². The zero-order chi connectivity index (χ0) is 13.1. The number of benzene rings is 1. The summed E-state index contributed by atoms with van der Waals surface area (Å²) in [5.41, 5.74) is 7.19. The summed E-state index contributed by atoms with van der Waals surface area (Å²) in [7, 11) is 2.13. The van der Waals surface area contributed by atoms with E-state index in [0.29, 0.717) is 12.6 Å². The van der Waals surface area contributed by atoms with Crippen molar-refractivity contribution >= 4 is 31.9 Å². The summed E-state index contributed by atoms with van der Waals surface area (Å²) >= 11 is 7.04. The lowest BCUT2D eigenvalue weighted by atomic mass is 10.0. The third-order valence-electron chi connectivity index (χ3n) is 3.52. The number of rotatable bonds is 4. The molecular formula is C13H18Br2N2O. The van der Waals surface area contributed by atoms with Crippen molar-refractivity contribution in [1.29, 1.82) is 0 Å². The molecule has 2 atom stereocenters. The van der Waals surface area contributed by atoms with E-state index in [1.807, 2.05) is 0 Å². The molecule has 1 aliphatic rings. The van der Waals surface area contributed by atoms with Crippen LogP contribution in [-0.2, 0) is 4.74 Å². The molecule has 0 saturated carbocycles. The number of nitrogens with two attached hydrogens (primary N) is 1. The first kappa shape index (κ1) is 14.5. The molecule has 1 saturated heterocycles. The first-order valence-electron chi connectivity index (χ1n) is 6.08. The quantitative estimate of drug-likeness (QED) is 0.876. The Morgan fingerprint density at radius 1 is 1.44 bits per heavy atom. The molecule has 0 radical (unpaired) electrons. The molecule has 0 aromatic heterocycles. The van der Waals surface area contributed by atoms with E-state index < -0.39 is 0 Å². The largest absolute Gasteiger partial charge is 0.380 e. The molecule has 18 heavy (non-hydrogen) atoms. The highest BCUT2D eigenvalue weighted by Gasteiger charge is 2.26. The molecule has 1 aromatic rings. The van der Waals surface area contributed by atoms with Gasteiger partial charge in [-0.15, -0.1) is 0 Å². The number of likely N-dealkylation sites (N-methyl/N-ethyl adjacent to an activating group) is 1. The van der Waals surface area contributed by atoms with E-state index >= 15 is 0 Å². The van der Waals surface area contributed by atoms with Crippen LogP contribution in [0.15, 0.2) is 27.1 Å². The SMILES string of the molecule is CN(C1CCOC1)C(CN)c1ccc(Br)c(Br)c1. The Kier molecular flexibility index (Phi) is 5.21. The molecule has 0 aliphatic carbocycles. The fourth-order valence-electron chi connectivity index (χ4n) is 2.35. The second-order valence-electron chi connectivity index (χ2n) is 4.61. The minimum absolute atomic E-state index is 0.237. The number of halogens is 2. The Morgan fingerprint density at radius 2 is 2.22 bits per heavy atom. The van der Waals surface area contributed by atoms with Crippen LogP contribution in [0.25, 0.3) is 0 Å². The zero-order valence-corrected chi connectivity index (χ0v) is 13.6. The molecule has 3 nitrogen and oxygen atoms in total. The second-order valence-corrected chi connectivity index (χ2v) is 6.32. The van der Waals surface area contributed by atoms with Gasteiger partial charge in [-0.25, -0.2) is 0 Å². The van der Waals surface area contributed by atoms with Crippen LogP contribution in [0.4, 0.5) is 0 Å². The van der Waals surface area contributed by atoms with Crippen molar-refractivity contribution in [2.75, 3.05) is 26.8 Å². The average Bonchev–Trinajstić information content (AvgIpc) is 2.88. The van der Waals surface area contributed by atoms with Crippen molar-refractivity contribution in [3.8, 4) is 0 Å². The standard InChI is InChI=1S/C13H18Br2N2O/c1-17(10-4-5-18-8-10)13(7-16)9-2-3-11(14)12(15)6-9/h2-3,6,10,13H,4-5,7-8,16H2,1H3. The zero-order valence-electron chi connectivity index (χ0n) is 10.4. The number of hydrogen-bond acceptors (Lipinski definition) is 3. The predicted molar refractivity (Wildman–Crippen MR) is 80.6 cm³/mol. The van der Waals surface area contributed by atoms with Gasteiger partial charge in [-0.3, -0.25) is 4.90 Å². The predicted octanol–water partition coefficient (Wildman–Crippen LogP) is 2.93. The smallest absolute Gasteiger partial charge is 0.0622 e. The molecule has 2 unspecified atom stereocenters. The second kappa shape index (κ2) is 6.48. The van der Waals surface area contributed by atoms with Crippen LogP contribution in [0, 0.1) is 0 Å². The monoisotopic (exact) mass is 376 g/mol. The van der Waals surface area contributed by atoms with E-state index in [1.54, 1.807) is 0 Å². The Bertz CT molecular complexity index is 408. The van der Waals surface area contributed by atoms with Crippen molar-refractivity contribution in [1.82, 2.24) is 4.90 Å². The number of nitrogens with zero attached hydrogens (tertiary/aromatic N) is 1. The minimum Gasteiger partial charge on any atom is -0.380 e. The van der Waals surface area contributed by atoms with Gasteiger partial charge in [0, 0.05) is 34.2 Å². The average molecular weight is 378 g/mol. The molecule has 0 amide bonds. The van der Waals surface area contributed by atoms with Gasteiger partial charge in [0.15, 0.2) is 0 Å². The van der Waals surface area contributed by atoms with Gasteiger partial charge in [-0.1, -0.05) is 6.07 Å². The van der Waals surface area contributed by atoms with Crippen LogP contribution in [0.2, 0.25) is 0 Å². The van der Waals surface area contributed by atoms with Crippen LogP contribution in [0.5, 0.6) is 0 Å². The molecule has 5 heteroatoms. The summed E-state index contributed by atoms with van der Waals surface area (Å²) in [6.45, 7) is 2.28. The lowest BCUT2D eigenvalue weighted by Crippen LogP contribution is -2.38. The highest BCUT2D eigenvalue weighted by molar-refractivity contribution is 9.13. The Balaban J connectivity index is 2.18. The van der Waals surface area contributed by atoms with Gasteiger partial charge >= 0.3 is 0 Å².